The summed E-state index contributed by atoms with van der Waals surface area (Å²) in [5.74, 6) is -0.366. The van der Waals surface area contributed by atoms with Gasteiger partial charge in [0, 0.05) is 17.4 Å². The van der Waals surface area contributed by atoms with E-state index in [9.17, 15) is 18.0 Å². The van der Waals surface area contributed by atoms with Crippen molar-refractivity contribution in [2.75, 3.05) is 6.61 Å². The maximum atomic E-state index is 13.0. The van der Waals surface area contributed by atoms with Crippen LogP contribution in [0.15, 0.2) is 11.2 Å². The van der Waals surface area contributed by atoms with Crippen LogP contribution in [0.2, 0.25) is 0 Å². The molecule has 0 aromatic carbocycles. The second-order valence-corrected chi connectivity index (χ2v) is 6.99. The SMILES string of the molecule is CC(C)c1cc(C(F)(F)F)nc(S[C@H]2CC(=O)[C@@H]3OC[C@H]2O3)n1. The average Bonchev–Trinajstić information content (AvgIpc) is 2.89. The fourth-order valence-electron chi connectivity index (χ4n) is 2.40. The van der Waals surface area contributed by atoms with Gasteiger partial charge in [0.25, 0.3) is 0 Å². The van der Waals surface area contributed by atoms with Crippen molar-refractivity contribution < 1.29 is 27.4 Å². The molecule has 23 heavy (non-hydrogen) atoms. The van der Waals surface area contributed by atoms with Gasteiger partial charge in [0.15, 0.2) is 10.9 Å². The molecule has 0 unspecified atom stereocenters. The number of ketones is 1. The van der Waals surface area contributed by atoms with E-state index in [-0.39, 0.29) is 41.2 Å². The molecule has 0 spiro atoms. The highest BCUT2D eigenvalue weighted by molar-refractivity contribution is 7.99. The normalized spacial score (nSPS) is 27.7. The van der Waals surface area contributed by atoms with E-state index in [2.05, 4.69) is 9.97 Å². The molecule has 2 saturated heterocycles. The first-order chi connectivity index (χ1) is 10.7. The zero-order valence-electron chi connectivity index (χ0n) is 12.5. The van der Waals surface area contributed by atoms with Crippen molar-refractivity contribution in [3.05, 3.63) is 17.5 Å². The zero-order valence-corrected chi connectivity index (χ0v) is 13.3. The zero-order chi connectivity index (χ0) is 16.8. The maximum Gasteiger partial charge on any atom is 0.433 e. The molecule has 126 valence electrons. The molecule has 1 aromatic heterocycles. The summed E-state index contributed by atoms with van der Waals surface area (Å²) < 4.78 is 49.6. The Morgan fingerprint density at radius 2 is 2.09 bits per heavy atom. The van der Waals surface area contributed by atoms with Crippen LogP contribution in [0.1, 0.15) is 37.6 Å². The van der Waals surface area contributed by atoms with E-state index in [0.717, 1.165) is 17.8 Å². The third-order valence-electron chi connectivity index (χ3n) is 3.65. The Hall–Kier alpha value is -1.19. The molecule has 0 amide bonds. The average molecular weight is 348 g/mol. The number of hydrogen-bond donors (Lipinski definition) is 0. The van der Waals surface area contributed by atoms with Crippen molar-refractivity contribution in [2.45, 2.75) is 55.2 Å². The number of fused-ring (bicyclic) bond motifs is 2. The van der Waals surface area contributed by atoms with Gasteiger partial charge in [0.2, 0.25) is 6.29 Å². The summed E-state index contributed by atoms with van der Waals surface area (Å²) in [5.41, 5.74) is -0.652. The van der Waals surface area contributed by atoms with Gasteiger partial charge in [0.1, 0.15) is 5.69 Å². The van der Waals surface area contributed by atoms with Crippen molar-refractivity contribution >= 4 is 17.5 Å². The molecule has 0 aliphatic carbocycles. The smallest absolute Gasteiger partial charge is 0.343 e. The Kier molecular flexibility index (Phi) is 4.37. The van der Waals surface area contributed by atoms with Crippen LogP contribution >= 0.6 is 11.8 Å². The van der Waals surface area contributed by atoms with Gasteiger partial charge < -0.3 is 9.47 Å². The third kappa shape index (κ3) is 3.51. The molecule has 3 atom stereocenters. The molecule has 1 aromatic rings. The number of Topliss-reactive ketones (excluding diaryl/α,β-unsaturated/α-hetero) is 1. The predicted octanol–water partition coefficient (Wildman–Crippen LogP) is 2.79. The van der Waals surface area contributed by atoms with Gasteiger partial charge in [-0.1, -0.05) is 25.6 Å². The van der Waals surface area contributed by atoms with Gasteiger partial charge >= 0.3 is 6.18 Å². The van der Waals surface area contributed by atoms with E-state index in [0.29, 0.717) is 5.69 Å². The lowest BCUT2D eigenvalue weighted by Crippen LogP contribution is -2.37. The molecule has 0 saturated carbocycles. The molecule has 9 heteroatoms. The number of hydrogen-bond acceptors (Lipinski definition) is 6. The Balaban J connectivity index is 1.87. The van der Waals surface area contributed by atoms with Crippen LogP contribution < -0.4 is 0 Å². The molecule has 0 radical (unpaired) electrons. The third-order valence-corrected chi connectivity index (χ3v) is 4.82. The van der Waals surface area contributed by atoms with Crippen molar-refractivity contribution in [3.63, 3.8) is 0 Å². The number of ether oxygens (including phenoxy) is 2. The van der Waals surface area contributed by atoms with Crippen LogP contribution in [0.3, 0.4) is 0 Å². The fraction of sp³-hybridized carbons (Fsp3) is 0.643. The molecule has 2 aliphatic rings. The minimum atomic E-state index is -4.54. The molecular weight excluding hydrogens is 333 g/mol. The van der Waals surface area contributed by atoms with Crippen LogP contribution in [0.25, 0.3) is 0 Å². The summed E-state index contributed by atoms with van der Waals surface area (Å²) >= 11 is 1.04. The summed E-state index contributed by atoms with van der Waals surface area (Å²) in [4.78, 5) is 19.6. The number of alkyl halides is 3. The lowest BCUT2D eigenvalue weighted by Gasteiger charge is -2.25. The van der Waals surface area contributed by atoms with Gasteiger partial charge in [-0.25, -0.2) is 9.97 Å². The monoisotopic (exact) mass is 348 g/mol. The molecule has 2 bridgehead atoms. The number of carbonyl (C=O) groups excluding carboxylic acids is 1. The molecule has 0 N–H and O–H groups in total. The standard InChI is InChI=1S/C14H15F3N2O3S/c1-6(2)7-3-11(14(15,16)17)19-13(18-7)23-10-4-8(20)12-21-5-9(10)22-12/h3,6,9-10,12H,4-5H2,1-2H3/t9-,10+,12-/m1/s1. The van der Waals surface area contributed by atoms with E-state index in [1.165, 1.54) is 0 Å². The van der Waals surface area contributed by atoms with E-state index in [1.807, 2.05) is 0 Å². The van der Waals surface area contributed by atoms with Crippen molar-refractivity contribution in [2.24, 2.45) is 0 Å². The second-order valence-electron chi connectivity index (χ2n) is 5.78. The van der Waals surface area contributed by atoms with Crippen molar-refractivity contribution in [1.29, 1.82) is 0 Å². The largest absolute Gasteiger partial charge is 0.433 e. The van der Waals surface area contributed by atoms with Crippen LogP contribution in [-0.2, 0) is 20.4 Å². The minimum absolute atomic E-state index is 0.00951. The molecule has 2 fully saturated rings. The number of thioether (sulfide) groups is 1. The molecule has 2 aliphatic heterocycles. The lowest BCUT2D eigenvalue weighted by molar-refractivity contribution is -0.151. The van der Waals surface area contributed by atoms with Crippen LogP contribution in [0, 0.1) is 0 Å². The quantitative estimate of drug-likeness (QED) is 0.783. The highest BCUT2D eigenvalue weighted by Gasteiger charge is 2.44. The second kappa shape index (κ2) is 6.03. The lowest BCUT2D eigenvalue weighted by atomic mass is 10.1. The predicted molar refractivity (Wildman–Crippen MR) is 75.0 cm³/mol. The van der Waals surface area contributed by atoms with E-state index in [1.54, 1.807) is 13.8 Å². The minimum Gasteiger partial charge on any atom is -0.343 e. The highest BCUT2D eigenvalue weighted by Crippen LogP contribution is 2.37. The molecular formula is C14H15F3N2O3S. The molecule has 3 heterocycles. The Bertz CT molecular complexity index is 624. The van der Waals surface area contributed by atoms with Crippen LogP contribution in [0.5, 0.6) is 0 Å². The van der Waals surface area contributed by atoms with Gasteiger partial charge in [-0.05, 0) is 12.0 Å². The number of nitrogens with zero attached hydrogens (tertiary/aromatic N) is 2. The molecule has 5 nitrogen and oxygen atoms in total. The van der Waals surface area contributed by atoms with E-state index >= 15 is 0 Å². The Labute approximate surface area is 135 Å². The maximum absolute atomic E-state index is 13.0. The Morgan fingerprint density at radius 1 is 1.35 bits per heavy atom. The first kappa shape index (κ1) is 16.7. The van der Waals surface area contributed by atoms with E-state index < -0.39 is 18.2 Å². The number of halogens is 3. The highest BCUT2D eigenvalue weighted by atomic mass is 32.2. The van der Waals surface area contributed by atoms with Crippen molar-refractivity contribution in [1.82, 2.24) is 9.97 Å². The van der Waals surface area contributed by atoms with Crippen LogP contribution in [-0.4, -0.2) is 40.0 Å². The number of carbonyl (C=O) groups is 1. The summed E-state index contributed by atoms with van der Waals surface area (Å²) in [5, 5.41) is -0.333. The van der Waals surface area contributed by atoms with E-state index in [4.69, 9.17) is 9.47 Å². The van der Waals surface area contributed by atoms with Crippen LogP contribution in [0.4, 0.5) is 13.2 Å². The van der Waals surface area contributed by atoms with Crippen molar-refractivity contribution in [3.8, 4) is 0 Å². The summed E-state index contributed by atoms with van der Waals surface area (Å²) in [7, 11) is 0. The van der Waals surface area contributed by atoms with Gasteiger partial charge in [0.05, 0.1) is 12.7 Å². The Morgan fingerprint density at radius 3 is 2.74 bits per heavy atom. The number of aromatic nitrogens is 2. The van der Waals surface area contributed by atoms with Gasteiger partial charge in [-0.3, -0.25) is 4.79 Å². The van der Waals surface area contributed by atoms with Gasteiger partial charge in [-0.2, -0.15) is 13.2 Å². The summed E-state index contributed by atoms with van der Waals surface area (Å²) in [6.07, 6.45) is -5.52. The first-order valence-electron chi connectivity index (χ1n) is 7.16. The van der Waals surface area contributed by atoms with Gasteiger partial charge in [-0.15, -0.1) is 0 Å². The fourth-order valence-corrected chi connectivity index (χ4v) is 3.52. The number of rotatable bonds is 3. The topological polar surface area (TPSA) is 61.3 Å². The molecule has 3 rings (SSSR count). The first-order valence-corrected chi connectivity index (χ1v) is 8.04. The summed E-state index contributed by atoms with van der Waals surface area (Å²) in [6, 6.07) is 0.964. The summed E-state index contributed by atoms with van der Waals surface area (Å²) in [6.45, 7) is 3.78.